The van der Waals surface area contributed by atoms with E-state index < -0.39 is 0 Å². The monoisotopic (exact) mass is 292 g/mol. The summed E-state index contributed by atoms with van der Waals surface area (Å²) >= 11 is 6.55. The molecule has 0 radical (unpaired) electrons. The Kier molecular flexibility index (Phi) is 4.52. The second-order valence-electron chi connectivity index (χ2n) is 6.27. The van der Waals surface area contributed by atoms with Gasteiger partial charge < -0.3 is 10.6 Å². The SMILES string of the molecule is NCCc1ccc(N2CCC[C@H]3CCCC[C@H]32)c(Cl)c1. The molecular weight excluding hydrogens is 268 g/mol. The molecule has 1 aromatic carbocycles. The number of nitrogens with zero attached hydrogens (tertiary/aromatic N) is 1. The van der Waals surface area contributed by atoms with Gasteiger partial charge in [0.25, 0.3) is 0 Å². The topological polar surface area (TPSA) is 29.3 Å². The molecule has 0 amide bonds. The maximum atomic E-state index is 6.55. The van der Waals surface area contributed by atoms with E-state index in [9.17, 15) is 0 Å². The first-order chi connectivity index (χ1) is 9.79. The summed E-state index contributed by atoms with van der Waals surface area (Å²) in [4.78, 5) is 2.59. The molecule has 2 fully saturated rings. The molecule has 1 aromatic rings. The minimum atomic E-state index is 0.685. The lowest BCUT2D eigenvalue weighted by molar-refractivity contribution is 0.244. The van der Waals surface area contributed by atoms with E-state index in [1.54, 1.807) is 0 Å². The Morgan fingerprint density at radius 2 is 1.95 bits per heavy atom. The molecule has 0 spiro atoms. The first-order valence-electron chi connectivity index (χ1n) is 8.04. The number of halogens is 1. The van der Waals surface area contributed by atoms with Crippen molar-refractivity contribution >= 4 is 17.3 Å². The van der Waals surface area contributed by atoms with E-state index in [1.807, 2.05) is 0 Å². The zero-order valence-corrected chi connectivity index (χ0v) is 12.9. The summed E-state index contributed by atoms with van der Waals surface area (Å²) in [6, 6.07) is 7.23. The van der Waals surface area contributed by atoms with Gasteiger partial charge in [0.05, 0.1) is 10.7 Å². The lowest BCUT2D eigenvalue weighted by Gasteiger charge is -2.45. The highest BCUT2D eigenvalue weighted by molar-refractivity contribution is 6.33. The Balaban J connectivity index is 1.83. The summed E-state index contributed by atoms with van der Waals surface area (Å²) < 4.78 is 0. The van der Waals surface area contributed by atoms with Gasteiger partial charge in [-0.15, -0.1) is 0 Å². The van der Waals surface area contributed by atoms with Crippen LogP contribution in [-0.4, -0.2) is 19.1 Å². The molecule has 3 heteroatoms. The highest BCUT2D eigenvalue weighted by Gasteiger charge is 2.33. The lowest BCUT2D eigenvalue weighted by atomic mass is 9.78. The van der Waals surface area contributed by atoms with Crippen molar-refractivity contribution in [2.24, 2.45) is 11.7 Å². The van der Waals surface area contributed by atoms with Crippen LogP contribution in [0.5, 0.6) is 0 Å². The Morgan fingerprint density at radius 3 is 2.75 bits per heavy atom. The number of fused-ring (bicyclic) bond motifs is 1. The average molecular weight is 293 g/mol. The number of nitrogens with two attached hydrogens (primary N) is 1. The smallest absolute Gasteiger partial charge is 0.0642 e. The van der Waals surface area contributed by atoms with Crippen molar-refractivity contribution in [2.45, 2.75) is 51.0 Å². The molecule has 20 heavy (non-hydrogen) atoms. The van der Waals surface area contributed by atoms with Crippen LogP contribution in [0.1, 0.15) is 44.1 Å². The molecule has 110 valence electrons. The zero-order chi connectivity index (χ0) is 13.9. The van der Waals surface area contributed by atoms with Crippen LogP contribution in [0, 0.1) is 5.92 Å². The molecule has 2 nitrogen and oxygen atoms in total. The van der Waals surface area contributed by atoms with Crippen LogP contribution in [0.25, 0.3) is 0 Å². The third kappa shape index (κ3) is 2.82. The van der Waals surface area contributed by atoms with Crippen molar-refractivity contribution < 1.29 is 0 Å². The second kappa shape index (κ2) is 6.36. The van der Waals surface area contributed by atoms with Gasteiger partial charge in [-0.2, -0.15) is 0 Å². The number of hydrogen-bond donors (Lipinski definition) is 1. The van der Waals surface area contributed by atoms with Crippen molar-refractivity contribution in [2.75, 3.05) is 18.0 Å². The molecule has 0 aromatic heterocycles. The largest absolute Gasteiger partial charge is 0.367 e. The number of hydrogen-bond acceptors (Lipinski definition) is 2. The minimum absolute atomic E-state index is 0.685. The molecular formula is C17H25ClN2. The number of anilines is 1. The van der Waals surface area contributed by atoms with E-state index in [4.69, 9.17) is 17.3 Å². The Labute approximate surface area is 127 Å². The van der Waals surface area contributed by atoms with Gasteiger partial charge in [-0.05, 0) is 62.3 Å². The normalized spacial score (nSPS) is 26.4. The van der Waals surface area contributed by atoms with Gasteiger partial charge in [-0.25, -0.2) is 0 Å². The van der Waals surface area contributed by atoms with E-state index in [0.717, 1.165) is 29.9 Å². The first kappa shape index (κ1) is 14.2. The maximum absolute atomic E-state index is 6.55. The highest BCUT2D eigenvalue weighted by atomic mass is 35.5. The van der Waals surface area contributed by atoms with Crippen LogP contribution in [-0.2, 0) is 6.42 Å². The molecule has 1 heterocycles. The molecule has 2 aliphatic rings. The van der Waals surface area contributed by atoms with Gasteiger partial charge in [-0.3, -0.25) is 0 Å². The van der Waals surface area contributed by atoms with Crippen LogP contribution in [0.3, 0.4) is 0 Å². The van der Waals surface area contributed by atoms with Gasteiger partial charge in [0.1, 0.15) is 0 Å². The quantitative estimate of drug-likeness (QED) is 0.912. The third-order valence-electron chi connectivity index (χ3n) is 5.00. The van der Waals surface area contributed by atoms with Gasteiger partial charge in [0.2, 0.25) is 0 Å². The van der Waals surface area contributed by atoms with Crippen molar-refractivity contribution in [3.8, 4) is 0 Å². The maximum Gasteiger partial charge on any atom is 0.0642 e. The number of rotatable bonds is 3. The van der Waals surface area contributed by atoms with Crippen molar-refractivity contribution in [1.29, 1.82) is 0 Å². The summed E-state index contributed by atoms with van der Waals surface area (Å²) in [5.41, 5.74) is 8.11. The fourth-order valence-corrected chi connectivity index (χ4v) is 4.34. The van der Waals surface area contributed by atoms with Crippen LogP contribution < -0.4 is 10.6 Å². The van der Waals surface area contributed by atoms with E-state index in [1.165, 1.54) is 49.8 Å². The van der Waals surface area contributed by atoms with Gasteiger partial charge >= 0.3 is 0 Å². The Hall–Kier alpha value is -0.730. The number of piperidine rings is 1. The summed E-state index contributed by atoms with van der Waals surface area (Å²) in [6.07, 6.45) is 9.16. The third-order valence-corrected chi connectivity index (χ3v) is 5.30. The van der Waals surface area contributed by atoms with Crippen molar-refractivity contribution in [1.82, 2.24) is 0 Å². The molecule has 2 N–H and O–H groups in total. The van der Waals surface area contributed by atoms with Gasteiger partial charge in [0.15, 0.2) is 0 Å². The highest BCUT2D eigenvalue weighted by Crippen LogP contribution is 2.40. The Bertz CT molecular complexity index is 458. The van der Waals surface area contributed by atoms with Crippen LogP contribution in [0.15, 0.2) is 18.2 Å². The molecule has 1 saturated carbocycles. The molecule has 2 atom stereocenters. The van der Waals surface area contributed by atoms with E-state index in [2.05, 4.69) is 23.1 Å². The standard InChI is InChI=1S/C17H25ClN2/c18-15-12-13(9-10-19)7-8-17(15)20-11-3-5-14-4-1-2-6-16(14)20/h7-8,12,14,16H,1-6,9-11,19H2/t14-,16-/m1/s1. The van der Waals surface area contributed by atoms with Crippen LogP contribution in [0.2, 0.25) is 5.02 Å². The van der Waals surface area contributed by atoms with E-state index in [-0.39, 0.29) is 0 Å². The fourth-order valence-electron chi connectivity index (χ4n) is 4.03. The summed E-state index contributed by atoms with van der Waals surface area (Å²) in [6.45, 7) is 1.85. The molecule has 1 saturated heterocycles. The average Bonchev–Trinajstić information content (AvgIpc) is 2.47. The molecule has 1 aliphatic carbocycles. The Morgan fingerprint density at radius 1 is 1.15 bits per heavy atom. The van der Waals surface area contributed by atoms with Crippen LogP contribution >= 0.6 is 11.6 Å². The molecule has 3 rings (SSSR count). The second-order valence-corrected chi connectivity index (χ2v) is 6.68. The summed E-state index contributed by atoms with van der Waals surface area (Å²) in [5, 5.41) is 0.905. The van der Waals surface area contributed by atoms with Gasteiger partial charge in [-0.1, -0.05) is 30.5 Å². The van der Waals surface area contributed by atoms with Crippen molar-refractivity contribution in [3.05, 3.63) is 28.8 Å². The van der Waals surface area contributed by atoms with E-state index >= 15 is 0 Å². The predicted octanol–water partition coefficient (Wildman–Crippen LogP) is 4.00. The van der Waals surface area contributed by atoms with Gasteiger partial charge in [0, 0.05) is 12.6 Å². The van der Waals surface area contributed by atoms with E-state index in [0.29, 0.717) is 6.54 Å². The van der Waals surface area contributed by atoms with Crippen LogP contribution in [0.4, 0.5) is 5.69 Å². The predicted molar refractivity (Wildman–Crippen MR) is 86.5 cm³/mol. The molecule has 0 bridgehead atoms. The zero-order valence-electron chi connectivity index (χ0n) is 12.2. The molecule has 0 unspecified atom stereocenters. The first-order valence-corrected chi connectivity index (χ1v) is 8.42. The molecule has 1 aliphatic heterocycles. The number of benzene rings is 1. The summed E-state index contributed by atoms with van der Waals surface area (Å²) in [7, 11) is 0. The lowest BCUT2D eigenvalue weighted by Crippen LogP contribution is -2.47. The van der Waals surface area contributed by atoms with Crippen molar-refractivity contribution in [3.63, 3.8) is 0 Å². The summed E-state index contributed by atoms with van der Waals surface area (Å²) in [5.74, 6) is 0.886. The minimum Gasteiger partial charge on any atom is -0.367 e. The fraction of sp³-hybridized carbons (Fsp3) is 0.647.